The number of aliphatic carboxylic acids is 1. The molecular weight excluding hydrogens is 170 g/mol. The molecule has 0 aromatic rings. The van der Waals surface area contributed by atoms with E-state index in [-0.39, 0.29) is 5.91 Å². The minimum absolute atomic E-state index is 0.350. The lowest BCUT2D eigenvalue weighted by Gasteiger charge is -2.15. The Hall–Kier alpha value is -1.32. The van der Waals surface area contributed by atoms with E-state index in [9.17, 15) is 9.59 Å². The summed E-state index contributed by atoms with van der Waals surface area (Å²) in [6.45, 7) is 4.13. The maximum atomic E-state index is 11.1. The first-order valence-electron chi connectivity index (χ1n) is 4.14. The second kappa shape index (κ2) is 6.22. The molecule has 0 spiro atoms. The number of allylic oxidation sites excluding steroid dienone is 1. The van der Waals surface area contributed by atoms with Crippen molar-refractivity contribution >= 4 is 11.9 Å². The van der Waals surface area contributed by atoms with E-state index in [0.29, 0.717) is 6.54 Å². The number of carbonyl (C=O) groups is 2. The summed E-state index contributed by atoms with van der Waals surface area (Å²) in [7, 11) is 1.61. The fourth-order valence-corrected chi connectivity index (χ4v) is 0.862. The van der Waals surface area contributed by atoms with Crippen molar-refractivity contribution in [1.82, 2.24) is 4.90 Å². The highest BCUT2D eigenvalue weighted by Crippen LogP contribution is 1.96. The standard InChI is InChI=1S/C9H15NO3/c1-3-4-5-6-10(2)8(11)7-9(12)13/h3H,1,4-7H2,2H3,(H,12,13). The molecule has 1 amide bonds. The zero-order valence-electron chi connectivity index (χ0n) is 7.82. The van der Waals surface area contributed by atoms with Crippen molar-refractivity contribution < 1.29 is 14.7 Å². The number of carbonyl (C=O) groups excluding carboxylic acids is 1. The first kappa shape index (κ1) is 11.7. The fourth-order valence-electron chi connectivity index (χ4n) is 0.862. The average Bonchev–Trinajstić information content (AvgIpc) is 2.03. The van der Waals surface area contributed by atoms with Crippen molar-refractivity contribution in [3.05, 3.63) is 12.7 Å². The van der Waals surface area contributed by atoms with E-state index in [0.717, 1.165) is 12.8 Å². The molecule has 0 saturated heterocycles. The van der Waals surface area contributed by atoms with Gasteiger partial charge in [-0.2, -0.15) is 0 Å². The smallest absolute Gasteiger partial charge is 0.312 e. The third kappa shape index (κ3) is 5.90. The Morgan fingerprint density at radius 3 is 2.62 bits per heavy atom. The van der Waals surface area contributed by atoms with Gasteiger partial charge in [0.2, 0.25) is 5.91 Å². The molecule has 13 heavy (non-hydrogen) atoms. The van der Waals surface area contributed by atoms with Gasteiger partial charge in [-0.25, -0.2) is 0 Å². The SMILES string of the molecule is C=CCCCN(C)C(=O)CC(=O)O. The van der Waals surface area contributed by atoms with Gasteiger partial charge in [0.05, 0.1) is 0 Å². The third-order valence-corrected chi connectivity index (χ3v) is 1.63. The summed E-state index contributed by atoms with van der Waals surface area (Å²) < 4.78 is 0. The van der Waals surface area contributed by atoms with E-state index >= 15 is 0 Å². The molecular formula is C9H15NO3. The first-order valence-corrected chi connectivity index (χ1v) is 4.14. The molecule has 0 aromatic carbocycles. The van der Waals surface area contributed by atoms with Gasteiger partial charge >= 0.3 is 5.97 Å². The highest BCUT2D eigenvalue weighted by Gasteiger charge is 2.11. The maximum absolute atomic E-state index is 11.1. The van der Waals surface area contributed by atoms with Crippen molar-refractivity contribution in [2.75, 3.05) is 13.6 Å². The maximum Gasteiger partial charge on any atom is 0.312 e. The molecule has 0 bridgehead atoms. The number of amides is 1. The Morgan fingerprint density at radius 1 is 1.54 bits per heavy atom. The average molecular weight is 185 g/mol. The first-order chi connectivity index (χ1) is 6.07. The lowest BCUT2D eigenvalue weighted by Crippen LogP contribution is -2.29. The van der Waals surface area contributed by atoms with E-state index in [4.69, 9.17) is 5.11 Å². The van der Waals surface area contributed by atoms with Crippen molar-refractivity contribution in [3.8, 4) is 0 Å². The summed E-state index contributed by atoms with van der Waals surface area (Å²) in [6.07, 6.45) is 3.01. The number of carboxylic acid groups (broad SMARTS) is 1. The Labute approximate surface area is 77.8 Å². The van der Waals surface area contributed by atoms with Crippen LogP contribution in [0, 0.1) is 0 Å². The summed E-state index contributed by atoms with van der Waals surface area (Å²) in [4.78, 5) is 22.7. The van der Waals surface area contributed by atoms with Crippen LogP contribution in [-0.4, -0.2) is 35.5 Å². The minimum Gasteiger partial charge on any atom is -0.481 e. The molecule has 4 nitrogen and oxygen atoms in total. The van der Waals surface area contributed by atoms with Gasteiger partial charge in [-0.3, -0.25) is 9.59 Å². The number of rotatable bonds is 6. The predicted octanol–water partition coefficient (Wildman–Crippen LogP) is 0.886. The Bertz CT molecular complexity index is 201. The molecule has 0 atom stereocenters. The van der Waals surface area contributed by atoms with Gasteiger partial charge < -0.3 is 10.0 Å². The number of carboxylic acids is 1. The highest BCUT2D eigenvalue weighted by atomic mass is 16.4. The topological polar surface area (TPSA) is 57.6 Å². The number of hydrogen-bond acceptors (Lipinski definition) is 2. The molecule has 0 aliphatic heterocycles. The Balaban J connectivity index is 3.68. The molecule has 74 valence electrons. The molecule has 0 saturated carbocycles. The summed E-state index contributed by atoms with van der Waals surface area (Å²) in [5.74, 6) is -1.43. The van der Waals surface area contributed by atoms with Crippen LogP contribution in [0.4, 0.5) is 0 Å². The van der Waals surface area contributed by atoms with Crippen molar-refractivity contribution in [1.29, 1.82) is 0 Å². The Morgan fingerprint density at radius 2 is 2.15 bits per heavy atom. The van der Waals surface area contributed by atoms with Gasteiger partial charge in [0, 0.05) is 13.6 Å². The van der Waals surface area contributed by atoms with E-state index in [1.807, 2.05) is 0 Å². The summed E-state index contributed by atoms with van der Waals surface area (Å²) in [5, 5.41) is 8.34. The van der Waals surface area contributed by atoms with Crippen LogP contribution >= 0.6 is 0 Å². The second-order valence-corrected chi connectivity index (χ2v) is 2.82. The molecule has 0 fully saturated rings. The minimum atomic E-state index is -1.08. The summed E-state index contributed by atoms with van der Waals surface area (Å²) in [5.41, 5.74) is 0. The van der Waals surface area contributed by atoms with Gasteiger partial charge in [-0.05, 0) is 12.8 Å². The molecule has 0 aromatic heterocycles. The number of unbranched alkanes of at least 4 members (excludes halogenated alkanes) is 1. The van der Waals surface area contributed by atoms with E-state index in [1.165, 1.54) is 4.90 Å². The molecule has 0 heterocycles. The van der Waals surface area contributed by atoms with E-state index in [1.54, 1.807) is 13.1 Å². The highest BCUT2D eigenvalue weighted by molar-refractivity contribution is 5.93. The summed E-state index contributed by atoms with van der Waals surface area (Å²) in [6, 6.07) is 0. The second-order valence-electron chi connectivity index (χ2n) is 2.82. The van der Waals surface area contributed by atoms with Crippen LogP contribution in [0.2, 0.25) is 0 Å². The van der Waals surface area contributed by atoms with Gasteiger partial charge in [0.25, 0.3) is 0 Å². The van der Waals surface area contributed by atoms with Crippen LogP contribution in [0.15, 0.2) is 12.7 Å². The van der Waals surface area contributed by atoms with Gasteiger partial charge in [0.1, 0.15) is 6.42 Å². The molecule has 0 radical (unpaired) electrons. The van der Waals surface area contributed by atoms with Crippen LogP contribution in [0.25, 0.3) is 0 Å². The normalized spacial score (nSPS) is 9.31. The van der Waals surface area contributed by atoms with Gasteiger partial charge in [0.15, 0.2) is 0 Å². The van der Waals surface area contributed by atoms with Gasteiger partial charge in [-0.15, -0.1) is 6.58 Å². The van der Waals surface area contributed by atoms with Crippen LogP contribution in [-0.2, 0) is 9.59 Å². The zero-order valence-corrected chi connectivity index (χ0v) is 7.82. The fraction of sp³-hybridized carbons (Fsp3) is 0.556. The Kier molecular flexibility index (Phi) is 5.59. The molecule has 0 aliphatic carbocycles. The van der Waals surface area contributed by atoms with Crippen molar-refractivity contribution in [3.63, 3.8) is 0 Å². The van der Waals surface area contributed by atoms with E-state index in [2.05, 4.69) is 6.58 Å². The molecule has 1 N–H and O–H groups in total. The van der Waals surface area contributed by atoms with Gasteiger partial charge in [-0.1, -0.05) is 6.08 Å². The van der Waals surface area contributed by atoms with Crippen LogP contribution < -0.4 is 0 Å². The largest absolute Gasteiger partial charge is 0.481 e. The molecule has 0 aliphatic rings. The van der Waals surface area contributed by atoms with Crippen LogP contribution in [0.5, 0.6) is 0 Å². The predicted molar refractivity (Wildman–Crippen MR) is 49.3 cm³/mol. The molecule has 0 rings (SSSR count). The lowest BCUT2D eigenvalue weighted by molar-refractivity contribution is -0.143. The molecule has 0 unspecified atom stereocenters. The zero-order chi connectivity index (χ0) is 10.3. The third-order valence-electron chi connectivity index (χ3n) is 1.63. The van der Waals surface area contributed by atoms with E-state index < -0.39 is 12.4 Å². The molecule has 4 heteroatoms. The van der Waals surface area contributed by atoms with Crippen molar-refractivity contribution in [2.45, 2.75) is 19.3 Å². The van der Waals surface area contributed by atoms with Crippen molar-refractivity contribution in [2.24, 2.45) is 0 Å². The number of hydrogen-bond donors (Lipinski definition) is 1. The monoisotopic (exact) mass is 185 g/mol. The lowest BCUT2D eigenvalue weighted by atomic mass is 10.3. The summed E-state index contributed by atoms with van der Waals surface area (Å²) >= 11 is 0. The quantitative estimate of drug-likeness (QED) is 0.380. The van der Waals surface area contributed by atoms with Crippen LogP contribution in [0.1, 0.15) is 19.3 Å². The number of nitrogens with zero attached hydrogens (tertiary/aromatic N) is 1. The van der Waals surface area contributed by atoms with Crippen LogP contribution in [0.3, 0.4) is 0 Å².